The van der Waals surface area contributed by atoms with E-state index in [1.54, 1.807) is 43.4 Å². The summed E-state index contributed by atoms with van der Waals surface area (Å²) in [5, 5.41) is 6.29. The average Bonchev–Trinajstić information content (AvgIpc) is 2.70. The van der Waals surface area contributed by atoms with E-state index in [0.717, 1.165) is 11.1 Å². The molecule has 160 valence electrons. The number of guanidine groups is 1. The summed E-state index contributed by atoms with van der Waals surface area (Å²) in [4.78, 5) is 4.34. The highest BCUT2D eigenvalue weighted by molar-refractivity contribution is 14.0. The van der Waals surface area contributed by atoms with Gasteiger partial charge in [-0.25, -0.2) is 17.5 Å². The third-order valence-electron chi connectivity index (χ3n) is 3.89. The molecule has 0 unspecified atom stereocenters. The number of ether oxygens (including phenoxy) is 1. The third kappa shape index (κ3) is 8.64. The summed E-state index contributed by atoms with van der Waals surface area (Å²) in [5.41, 5.74) is 1.83. The van der Waals surface area contributed by atoms with Crippen LogP contribution in [0.3, 0.4) is 0 Å². The SMILES string of the molecule is CN=C(NCc1ccc(F)cc1)NCc1ccc(S(=O)(=O)NCCOC)cc1.I. The van der Waals surface area contributed by atoms with Crippen molar-refractivity contribution in [3.63, 3.8) is 0 Å². The van der Waals surface area contributed by atoms with Gasteiger partial charge in [-0.3, -0.25) is 4.99 Å². The molecule has 0 fully saturated rings. The van der Waals surface area contributed by atoms with Crippen molar-refractivity contribution in [3.05, 3.63) is 65.5 Å². The zero-order valence-corrected chi connectivity index (χ0v) is 19.5. The smallest absolute Gasteiger partial charge is 0.240 e. The molecule has 0 heterocycles. The third-order valence-corrected chi connectivity index (χ3v) is 5.37. The fraction of sp³-hybridized carbons (Fsp3) is 0.316. The first-order valence-corrected chi connectivity index (χ1v) is 10.2. The standard InChI is InChI=1S/C19H25FN4O3S.HI/c1-21-19(22-13-15-3-7-17(20)8-4-15)23-14-16-5-9-18(10-6-16)28(25,26)24-11-12-27-2;/h3-10,24H,11-14H2,1-2H3,(H2,21,22,23);1H. The lowest BCUT2D eigenvalue weighted by atomic mass is 10.2. The Morgan fingerprint density at radius 1 is 1.00 bits per heavy atom. The van der Waals surface area contributed by atoms with Gasteiger partial charge in [-0.1, -0.05) is 24.3 Å². The van der Waals surface area contributed by atoms with Crippen LogP contribution in [0.1, 0.15) is 11.1 Å². The van der Waals surface area contributed by atoms with Gasteiger partial charge in [0.25, 0.3) is 0 Å². The van der Waals surface area contributed by atoms with Gasteiger partial charge in [0.2, 0.25) is 10.0 Å². The molecule has 10 heteroatoms. The van der Waals surface area contributed by atoms with E-state index in [1.807, 2.05) is 0 Å². The first-order valence-electron chi connectivity index (χ1n) is 8.71. The molecule has 0 atom stereocenters. The van der Waals surface area contributed by atoms with Gasteiger partial charge in [-0.15, -0.1) is 24.0 Å². The number of methoxy groups -OCH3 is 1. The molecule has 0 aliphatic heterocycles. The number of nitrogens with zero attached hydrogens (tertiary/aromatic N) is 1. The minimum absolute atomic E-state index is 0. The molecule has 0 saturated heterocycles. The lowest BCUT2D eigenvalue weighted by Gasteiger charge is -2.12. The van der Waals surface area contributed by atoms with Crippen LogP contribution in [0.5, 0.6) is 0 Å². The zero-order chi connectivity index (χ0) is 20.4. The highest BCUT2D eigenvalue weighted by Crippen LogP contribution is 2.10. The van der Waals surface area contributed by atoms with Gasteiger partial charge >= 0.3 is 0 Å². The summed E-state index contributed by atoms with van der Waals surface area (Å²) in [6.07, 6.45) is 0. The molecule has 2 aromatic carbocycles. The maximum atomic E-state index is 12.9. The number of benzene rings is 2. The van der Waals surface area contributed by atoms with Gasteiger partial charge in [0, 0.05) is 33.8 Å². The Kier molecular flexibility index (Phi) is 11.1. The summed E-state index contributed by atoms with van der Waals surface area (Å²) in [6.45, 7) is 1.51. The van der Waals surface area contributed by atoms with E-state index in [-0.39, 0.29) is 41.2 Å². The largest absolute Gasteiger partial charge is 0.383 e. The van der Waals surface area contributed by atoms with Crippen LogP contribution in [-0.2, 0) is 27.8 Å². The number of sulfonamides is 1. The van der Waals surface area contributed by atoms with Crippen molar-refractivity contribution >= 4 is 40.0 Å². The fourth-order valence-corrected chi connectivity index (χ4v) is 3.36. The van der Waals surface area contributed by atoms with E-state index in [4.69, 9.17) is 4.74 Å². The molecular weight excluding hydrogens is 510 g/mol. The van der Waals surface area contributed by atoms with E-state index in [0.29, 0.717) is 25.7 Å². The Bertz CT molecular complexity index is 875. The molecule has 0 bridgehead atoms. The molecule has 0 spiro atoms. The number of hydrogen-bond donors (Lipinski definition) is 3. The first kappa shape index (κ1) is 25.3. The van der Waals surface area contributed by atoms with Crippen molar-refractivity contribution < 1.29 is 17.5 Å². The van der Waals surface area contributed by atoms with Gasteiger partial charge in [-0.2, -0.15) is 0 Å². The molecule has 3 N–H and O–H groups in total. The lowest BCUT2D eigenvalue weighted by molar-refractivity contribution is 0.204. The van der Waals surface area contributed by atoms with Crippen molar-refractivity contribution in [1.82, 2.24) is 15.4 Å². The summed E-state index contributed by atoms with van der Waals surface area (Å²) in [6, 6.07) is 12.8. The fourth-order valence-electron chi connectivity index (χ4n) is 2.34. The van der Waals surface area contributed by atoms with E-state index in [1.165, 1.54) is 19.2 Å². The Balaban J connectivity index is 0.00000420. The number of halogens is 2. The molecule has 0 aromatic heterocycles. The molecular formula is C19H26FIN4O3S. The molecule has 7 nitrogen and oxygen atoms in total. The number of nitrogens with one attached hydrogen (secondary N) is 3. The van der Waals surface area contributed by atoms with E-state index < -0.39 is 10.0 Å². The minimum Gasteiger partial charge on any atom is -0.383 e. The van der Waals surface area contributed by atoms with E-state index >= 15 is 0 Å². The maximum absolute atomic E-state index is 12.9. The molecule has 2 rings (SSSR count). The van der Waals surface area contributed by atoms with Gasteiger partial charge < -0.3 is 15.4 Å². The average molecular weight is 536 g/mol. The highest BCUT2D eigenvalue weighted by Gasteiger charge is 2.12. The Morgan fingerprint density at radius 2 is 1.52 bits per heavy atom. The second-order valence-electron chi connectivity index (χ2n) is 5.94. The van der Waals surface area contributed by atoms with E-state index in [9.17, 15) is 12.8 Å². The van der Waals surface area contributed by atoms with Crippen LogP contribution in [0.4, 0.5) is 4.39 Å². The molecule has 0 saturated carbocycles. The van der Waals surface area contributed by atoms with Crippen LogP contribution >= 0.6 is 24.0 Å². The predicted molar refractivity (Wildman–Crippen MR) is 122 cm³/mol. The van der Waals surface area contributed by atoms with E-state index in [2.05, 4.69) is 20.3 Å². The second-order valence-corrected chi connectivity index (χ2v) is 7.71. The topological polar surface area (TPSA) is 91.8 Å². The summed E-state index contributed by atoms with van der Waals surface area (Å²) in [7, 11) is -0.374. The molecule has 2 aromatic rings. The quantitative estimate of drug-likeness (QED) is 0.198. The number of rotatable bonds is 9. The van der Waals surface area contributed by atoms with Crippen LogP contribution < -0.4 is 15.4 Å². The van der Waals surface area contributed by atoms with Gasteiger partial charge in [-0.05, 0) is 35.4 Å². The van der Waals surface area contributed by atoms with Gasteiger partial charge in [0.1, 0.15) is 5.82 Å². The Labute approximate surface area is 188 Å². The monoisotopic (exact) mass is 536 g/mol. The molecule has 0 aliphatic carbocycles. The van der Waals surface area contributed by atoms with Crippen LogP contribution in [0, 0.1) is 5.82 Å². The van der Waals surface area contributed by atoms with Crippen LogP contribution in [0.2, 0.25) is 0 Å². The van der Waals surface area contributed by atoms with Crippen molar-refractivity contribution in [1.29, 1.82) is 0 Å². The lowest BCUT2D eigenvalue weighted by Crippen LogP contribution is -2.36. The summed E-state index contributed by atoms with van der Waals surface area (Å²) < 4.78 is 44.5. The van der Waals surface area contributed by atoms with Crippen molar-refractivity contribution in [2.24, 2.45) is 4.99 Å². The number of aliphatic imine (C=N–C) groups is 1. The summed E-state index contributed by atoms with van der Waals surface area (Å²) >= 11 is 0. The Hall–Kier alpha value is -1.76. The molecule has 0 aliphatic rings. The zero-order valence-electron chi connectivity index (χ0n) is 16.3. The molecule has 0 amide bonds. The van der Waals surface area contributed by atoms with Gasteiger partial charge in [0.05, 0.1) is 11.5 Å². The van der Waals surface area contributed by atoms with Crippen molar-refractivity contribution in [3.8, 4) is 0 Å². The van der Waals surface area contributed by atoms with Crippen LogP contribution in [0.15, 0.2) is 58.4 Å². The van der Waals surface area contributed by atoms with Crippen LogP contribution in [0.25, 0.3) is 0 Å². The molecule has 29 heavy (non-hydrogen) atoms. The van der Waals surface area contributed by atoms with Gasteiger partial charge in [0.15, 0.2) is 5.96 Å². The maximum Gasteiger partial charge on any atom is 0.240 e. The van der Waals surface area contributed by atoms with Crippen molar-refractivity contribution in [2.45, 2.75) is 18.0 Å². The normalized spacial score (nSPS) is 11.6. The van der Waals surface area contributed by atoms with Crippen molar-refractivity contribution in [2.75, 3.05) is 27.3 Å². The molecule has 0 radical (unpaired) electrons. The minimum atomic E-state index is -3.54. The number of hydrogen-bond acceptors (Lipinski definition) is 4. The first-order chi connectivity index (χ1) is 13.4. The highest BCUT2D eigenvalue weighted by atomic mass is 127. The second kappa shape index (κ2) is 12.7. The predicted octanol–water partition coefficient (Wildman–Crippen LogP) is 2.23. The summed E-state index contributed by atoms with van der Waals surface area (Å²) in [5.74, 6) is 0.313. The van der Waals surface area contributed by atoms with Crippen LogP contribution in [-0.4, -0.2) is 41.7 Å². The Morgan fingerprint density at radius 3 is 2.00 bits per heavy atom.